The van der Waals surface area contributed by atoms with Crippen LogP contribution in [0, 0.1) is 0 Å². The molecule has 0 bridgehead atoms. The SMILES string of the molecule is CCCCCC[C@@H]1O[C@@H]1[Si](C)(C)c1ccccc1. The van der Waals surface area contributed by atoms with Crippen molar-refractivity contribution < 1.29 is 4.74 Å². The van der Waals surface area contributed by atoms with Crippen molar-refractivity contribution in [1.82, 2.24) is 0 Å². The number of hydrogen-bond donors (Lipinski definition) is 0. The molecule has 0 spiro atoms. The molecule has 1 saturated heterocycles. The molecule has 0 radical (unpaired) electrons. The topological polar surface area (TPSA) is 12.5 Å². The molecule has 0 N–H and O–H groups in total. The summed E-state index contributed by atoms with van der Waals surface area (Å²) in [5.41, 5.74) is 0.557. The van der Waals surface area contributed by atoms with Crippen molar-refractivity contribution in [2.45, 2.75) is 64.0 Å². The highest BCUT2D eigenvalue weighted by Crippen LogP contribution is 2.34. The van der Waals surface area contributed by atoms with Crippen molar-refractivity contribution in [3.63, 3.8) is 0 Å². The van der Waals surface area contributed by atoms with Gasteiger partial charge in [-0.25, -0.2) is 0 Å². The van der Waals surface area contributed by atoms with Gasteiger partial charge in [-0.1, -0.05) is 81.2 Å². The van der Waals surface area contributed by atoms with Gasteiger partial charge in [0, 0.05) is 0 Å². The molecule has 1 aromatic carbocycles. The standard InChI is InChI=1S/C16H26OSi/c1-4-5-6-10-13-15-16(17-15)18(2,3)14-11-8-7-9-12-14/h7-9,11-12,15-16H,4-6,10,13H2,1-3H3/t15-,16+/m0/s1. The maximum atomic E-state index is 5.98. The Hall–Kier alpha value is -0.603. The third-order valence-corrected chi connectivity index (χ3v) is 7.91. The van der Waals surface area contributed by atoms with Crippen LogP contribution in [0.3, 0.4) is 0 Å². The zero-order valence-corrected chi connectivity index (χ0v) is 13.0. The van der Waals surface area contributed by atoms with Crippen LogP contribution in [-0.2, 0) is 4.74 Å². The summed E-state index contributed by atoms with van der Waals surface area (Å²) in [6.07, 6.45) is 7.23. The van der Waals surface area contributed by atoms with E-state index in [1.807, 2.05) is 0 Å². The molecule has 2 atom stereocenters. The van der Waals surface area contributed by atoms with E-state index in [0.29, 0.717) is 11.8 Å². The highest BCUT2D eigenvalue weighted by atomic mass is 28.3. The minimum Gasteiger partial charge on any atom is -0.373 e. The third-order valence-electron chi connectivity index (χ3n) is 4.15. The lowest BCUT2D eigenvalue weighted by molar-refractivity contribution is 0.378. The van der Waals surface area contributed by atoms with E-state index in [1.165, 1.54) is 37.3 Å². The van der Waals surface area contributed by atoms with E-state index in [1.54, 1.807) is 0 Å². The molecule has 100 valence electrons. The summed E-state index contributed by atoms with van der Waals surface area (Å²) in [7, 11) is -1.40. The molecule has 0 aromatic heterocycles. The van der Waals surface area contributed by atoms with Crippen LogP contribution in [0.5, 0.6) is 0 Å². The first-order valence-corrected chi connectivity index (χ1v) is 10.4. The van der Waals surface area contributed by atoms with Crippen molar-refractivity contribution in [3.8, 4) is 0 Å². The number of hydrogen-bond acceptors (Lipinski definition) is 1. The summed E-state index contributed by atoms with van der Waals surface area (Å²) in [4.78, 5) is 0. The van der Waals surface area contributed by atoms with Crippen molar-refractivity contribution in [1.29, 1.82) is 0 Å². The minimum atomic E-state index is -1.40. The van der Waals surface area contributed by atoms with E-state index in [4.69, 9.17) is 4.74 Å². The van der Waals surface area contributed by atoms with Gasteiger partial charge in [-0.05, 0) is 6.42 Å². The van der Waals surface area contributed by atoms with E-state index in [0.717, 1.165) is 0 Å². The van der Waals surface area contributed by atoms with Gasteiger partial charge in [0.1, 0.15) is 8.07 Å². The van der Waals surface area contributed by atoms with E-state index < -0.39 is 8.07 Å². The Morgan fingerprint density at radius 1 is 1.06 bits per heavy atom. The lowest BCUT2D eigenvalue weighted by Gasteiger charge is -2.20. The Labute approximate surface area is 113 Å². The average molecular weight is 262 g/mol. The maximum absolute atomic E-state index is 5.98. The van der Waals surface area contributed by atoms with Gasteiger partial charge >= 0.3 is 0 Å². The molecule has 2 rings (SSSR count). The molecule has 0 amide bonds. The third kappa shape index (κ3) is 3.24. The summed E-state index contributed by atoms with van der Waals surface area (Å²) in [5, 5.41) is 1.53. The van der Waals surface area contributed by atoms with Crippen LogP contribution in [0.25, 0.3) is 0 Å². The lowest BCUT2D eigenvalue weighted by atomic mass is 10.1. The Morgan fingerprint density at radius 3 is 2.44 bits per heavy atom. The number of rotatable bonds is 7. The number of ether oxygens (including phenoxy) is 1. The summed E-state index contributed by atoms with van der Waals surface area (Å²) in [5.74, 6) is 0. The molecule has 1 nitrogen and oxygen atoms in total. The highest BCUT2D eigenvalue weighted by molar-refractivity contribution is 6.91. The molecule has 0 saturated carbocycles. The molecule has 1 aliphatic rings. The summed E-state index contributed by atoms with van der Waals surface area (Å²) in [6.45, 7) is 7.15. The van der Waals surface area contributed by atoms with Crippen LogP contribution >= 0.6 is 0 Å². The van der Waals surface area contributed by atoms with Crippen molar-refractivity contribution in [2.24, 2.45) is 0 Å². The second kappa shape index (κ2) is 6.03. The van der Waals surface area contributed by atoms with Crippen LogP contribution in [0.1, 0.15) is 39.0 Å². The van der Waals surface area contributed by atoms with Gasteiger partial charge in [-0.2, -0.15) is 0 Å². The average Bonchev–Trinajstić information content (AvgIpc) is 3.16. The normalized spacial score (nSPS) is 23.1. The molecule has 1 aliphatic heterocycles. The predicted octanol–water partition coefficient (Wildman–Crippen LogP) is 3.88. The molecule has 0 aliphatic carbocycles. The maximum Gasteiger partial charge on any atom is 0.116 e. The second-order valence-electron chi connectivity index (χ2n) is 6.03. The first-order chi connectivity index (χ1) is 8.66. The summed E-state index contributed by atoms with van der Waals surface area (Å²) >= 11 is 0. The smallest absolute Gasteiger partial charge is 0.116 e. The molecule has 1 fully saturated rings. The highest BCUT2D eigenvalue weighted by Gasteiger charge is 2.50. The molecule has 18 heavy (non-hydrogen) atoms. The van der Waals surface area contributed by atoms with Gasteiger partial charge < -0.3 is 4.74 Å². The zero-order chi connectivity index (χ0) is 13.0. The Bertz CT molecular complexity index is 361. The number of benzene rings is 1. The van der Waals surface area contributed by atoms with Crippen LogP contribution in [-0.4, -0.2) is 19.9 Å². The Balaban J connectivity index is 1.83. The van der Waals surface area contributed by atoms with Gasteiger partial charge in [0.2, 0.25) is 0 Å². The predicted molar refractivity (Wildman–Crippen MR) is 81.0 cm³/mol. The fourth-order valence-corrected chi connectivity index (χ4v) is 5.79. The molecule has 0 unspecified atom stereocenters. The van der Waals surface area contributed by atoms with Gasteiger partial charge in [0.05, 0.1) is 11.8 Å². The van der Waals surface area contributed by atoms with Crippen LogP contribution in [0.4, 0.5) is 0 Å². The van der Waals surface area contributed by atoms with E-state index in [-0.39, 0.29) is 0 Å². The quantitative estimate of drug-likeness (QED) is 0.413. The van der Waals surface area contributed by atoms with Gasteiger partial charge in [0.25, 0.3) is 0 Å². The molecule has 1 aromatic rings. The van der Waals surface area contributed by atoms with E-state index in [9.17, 15) is 0 Å². The summed E-state index contributed by atoms with van der Waals surface area (Å²) in [6, 6.07) is 11.0. The molecule has 1 heterocycles. The largest absolute Gasteiger partial charge is 0.373 e. The van der Waals surface area contributed by atoms with Gasteiger partial charge in [0.15, 0.2) is 0 Å². The first kappa shape index (κ1) is 13.8. The van der Waals surface area contributed by atoms with Crippen LogP contribution in [0.15, 0.2) is 30.3 Å². The Morgan fingerprint density at radius 2 is 1.78 bits per heavy atom. The van der Waals surface area contributed by atoms with E-state index in [2.05, 4.69) is 50.3 Å². The van der Waals surface area contributed by atoms with Crippen molar-refractivity contribution in [3.05, 3.63) is 30.3 Å². The van der Waals surface area contributed by atoms with Crippen molar-refractivity contribution in [2.75, 3.05) is 0 Å². The zero-order valence-electron chi connectivity index (χ0n) is 12.0. The van der Waals surface area contributed by atoms with Gasteiger partial charge in [-0.15, -0.1) is 0 Å². The number of unbranched alkanes of at least 4 members (excludes halogenated alkanes) is 3. The van der Waals surface area contributed by atoms with E-state index >= 15 is 0 Å². The van der Waals surface area contributed by atoms with Crippen LogP contribution in [0.2, 0.25) is 13.1 Å². The van der Waals surface area contributed by atoms with Crippen molar-refractivity contribution >= 4 is 13.3 Å². The number of epoxide rings is 1. The lowest BCUT2D eigenvalue weighted by Crippen LogP contribution is -2.48. The molecular formula is C16H26OSi. The van der Waals surface area contributed by atoms with Gasteiger partial charge in [-0.3, -0.25) is 0 Å². The Kier molecular flexibility index (Phi) is 4.63. The van der Waals surface area contributed by atoms with Crippen LogP contribution < -0.4 is 5.19 Å². The fraction of sp³-hybridized carbons (Fsp3) is 0.625. The summed E-state index contributed by atoms with van der Waals surface area (Å²) < 4.78 is 5.98. The second-order valence-corrected chi connectivity index (χ2v) is 10.6. The molecular weight excluding hydrogens is 236 g/mol. The minimum absolute atomic E-state index is 0.557. The first-order valence-electron chi connectivity index (χ1n) is 7.37. The fourth-order valence-electron chi connectivity index (χ4n) is 2.80. The molecule has 2 heteroatoms. The monoisotopic (exact) mass is 262 g/mol.